The van der Waals surface area contributed by atoms with Gasteiger partial charge in [0.2, 0.25) is 0 Å². The fraction of sp³-hybridized carbons (Fsp3) is 0.261. The van der Waals surface area contributed by atoms with E-state index in [1.165, 1.54) is 0 Å². The molecule has 4 aromatic rings. The Morgan fingerprint density at radius 2 is 1.76 bits per heavy atom. The van der Waals surface area contributed by atoms with E-state index in [0.717, 1.165) is 46.8 Å². The normalized spacial score (nSPS) is 15.0. The second-order valence-corrected chi connectivity index (χ2v) is 8.00. The van der Waals surface area contributed by atoms with Crippen molar-refractivity contribution in [2.24, 2.45) is 0 Å². The van der Waals surface area contributed by atoms with Crippen molar-refractivity contribution in [1.82, 2.24) is 24.7 Å². The number of likely N-dealkylation sites (tertiary alicyclic amines) is 1. The highest BCUT2D eigenvalue weighted by Gasteiger charge is 2.26. The van der Waals surface area contributed by atoms with Crippen molar-refractivity contribution in [3.63, 3.8) is 0 Å². The van der Waals surface area contributed by atoms with E-state index in [1.54, 1.807) is 6.07 Å². The minimum absolute atomic E-state index is 0.204. The average molecular weight is 385 g/mol. The van der Waals surface area contributed by atoms with Gasteiger partial charge in [0.25, 0.3) is 0 Å². The Morgan fingerprint density at radius 1 is 0.931 bits per heavy atom. The topological polar surface area (TPSA) is 66.5 Å². The minimum Gasteiger partial charge on any atom is -0.507 e. The molecule has 0 saturated carbocycles. The predicted molar refractivity (Wildman–Crippen MR) is 113 cm³/mol. The van der Waals surface area contributed by atoms with E-state index in [2.05, 4.69) is 45.4 Å². The van der Waals surface area contributed by atoms with E-state index in [4.69, 9.17) is 0 Å². The molecule has 4 heterocycles. The quantitative estimate of drug-likeness (QED) is 0.581. The Morgan fingerprint density at radius 3 is 2.45 bits per heavy atom. The lowest BCUT2D eigenvalue weighted by Gasteiger charge is -2.35. The molecule has 0 amide bonds. The van der Waals surface area contributed by atoms with Gasteiger partial charge in [0.1, 0.15) is 5.75 Å². The molecule has 0 radical (unpaired) electrons. The number of aromatic nitrogens is 4. The van der Waals surface area contributed by atoms with Gasteiger partial charge in [-0.1, -0.05) is 6.07 Å². The Hall–Kier alpha value is -3.25. The van der Waals surface area contributed by atoms with Crippen molar-refractivity contribution in [3.8, 4) is 28.1 Å². The smallest absolute Gasteiger partial charge is 0.125 e. The molecule has 0 bridgehead atoms. The number of pyridine rings is 1. The zero-order valence-corrected chi connectivity index (χ0v) is 16.8. The number of hydrogen-bond acceptors (Lipinski definition) is 5. The number of benzene rings is 1. The Kier molecular flexibility index (Phi) is 4.10. The number of fused-ring (bicyclic) bond motifs is 1. The first-order chi connectivity index (χ1) is 14.0. The lowest BCUT2D eigenvalue weighted by molar-refractivity contribution is 0.186. The van der Waals surface area contributed by atoms with Crippen LogP contribution >= 0.6 is 0 Å². The summed E-state index contributed by atoms with van der Waals surface area (Å²) in [5, 5.41) is 23.9. The summed E-state index contributed by atoms with van der Waals surface area (Å²) < 4.78 is 1.93. The molecule has 1 N–H and O–H groups in total. The number of phenols is 1. The molecule has 3 aromatic heterocycles. The average Bonchev–Trinajstić information content (AvgIpc) is 3.07. The summed E-state index contributed by atoms with van der Waals surface area (Å²) in [5.74, 6) is 0.665. The lowest BCUT2D eigenvalue weighted by atomic mass is 9.96. The molecule has 0 unspecified atom stereocenters. The molecule has 1 fully saturated rings. The molecule has 1 aliphatic rings. The first kappa shape index (κ1) is 17.8. The predicted octanol–water partition coefficient (Wildman–Crippen LogP) is 3.81. The monoisotopic (exact) mass is 385 g/mol. The van der Waals surface area contributed by atoms with Crippen molar-refractivity contribution >= 4 is 5.52 Å². The van der Waals surface area contributed by atoms with Crippen molar-refractivity contribution in [3.05, 3.63) is 65.6 Å². The highest BCUT2D eigenvalue weighted by molar-refractivity contribution is 5.76. The van der Waals surface area contributed by atoms with Crippen molar-refractivity contribution in [2.45, 2.75) is 19.8 Å². The second kappa shape index (κ2) is 6.67. The van der Waals surface area contributed by atoms with E-state index in [-0.39, 0.29) is 5.75 Å². The van der Waals surface area contributed by atoms with Gasteiger partial charge in [-0.05, 0) is 74.5 Å². The third-order valence-corrected chi connectivity index (χ3v) is 5.64. The number of likely N-dealkylation sites (N-methyl/N-ethyl adjacent to an activating group) is 1. The van der Waals surface area contributed by atoms with Gasteiger partial charge < -0.3 is 10.0 Å². The zero-order valence-electron chi connectivity index (χ0n) is 16.8. The van der Waals surface area contributed by atoms with Crippen molar-refractivity contribution in [1.29, 1.82) is 0 Å². The molecule has 1 saturated heterocycles. The Bertz CT molecular complexity index is 1210. The van der Waals surface area contributed by atoms with Crippen LogP contribution in [0.25, 0.3) is 27.9 Å². The van der Waals surface area contributed by atoms with Crippen LogP contribution in [0.4, 0.5) is 0 Å². The molecule has 29 heavy (non-hydrogen) atoms. The maximum atomic E-state index is 10.7. The van der Waals surface area contributed by atoms with E-state index in [9.17, 15) is 5.11 Å². The van der Waals surface area contributed by atoms with E-state index in [0.29, 0.717) is 17.2 Å². The van der Waals surface area contributed by atoms with Gasteiger partial charge in [-0.2, -0.15) is 15.3 Å². The minimum atomic E-state index is 0.204. The van der Waals surface area contributed by atoms with Gasteiger partial charge in [0, 0.05) is 30.3 Å². The fourth-order valence-corrected chi connectivity index (χ4v) is 4.08. The van der Waals surface area contributed by atoms with Crippen LogP contribution in [-0.4, -0.2) is 50.0 Å². The van der Waals surface area contributed by atoms with Gasteiger partial charge in [0.05, 0.1) is 22.6 Å². The van der Waals surface area contributed by atoms with E-state index in [1.807, 2.05) is 42.6 Å². The molecule has 5 rings (SSSR count). The fourth-order valence-electron chi connectivity index (χ4n) is 4.08. The first-order valence-electron chi connectivity index (χ1n) is 9.81. The molecule has 0 aliphatic carbocycles. The zero-order chi connectivity index (χ0) is 20.1. The van der Waals surface area contributed by atoms with Crippen molar-refractivity contribution in [2.75, 3.05) is 20.1 Å². The van der Waals surface area contributed by atoms with Crippen LogP contribution in [0.15, 0.2) is 48.5 Å². The summed E-state index contributed by atoms with van der Waals surface area (Å²) in [6.45, 7) is 6.07. The summed E-state index contributed by atoms with van der Waals surface area (Å²) in [5.41, 5.74) is 7.48. The number of aromatic hydroxyl groups is 1. The second-order valence-electron chi connectivity index (χ2n) is 8.00. The number of nitrogens with zero attached hydrogens (tertiary/aromatic N) is 5. The highest BCUT2D eigenvalue weighted by Crippen LogP contribution is 2.34. The summed E-state index contributed by atoms with van der Waals surface area (Å²) in [6.07, 6.45) is 0. The van der Waals surface area contributed by atoms with Gasteiger partial charge in [-0.3, -0.25) is 0 Å². The van der Waals surface area contributed by atoms with E-state index < -0.39 is 0 Å². The maximum absolute atomic E-state index is 10.7. The van der Waals surface area contributed by atoms with Crippen LogP contribution in [0.1, 0.15) is 23.0 Å². The lowest BCUT2D eigenvalue weighted by Crippen LogP contribution is -2.42. The molecule has 1 aromatic carbocycles. The first-order valence-corrected chi connectivity index (χ1v) is 9.81. The Labute approximate surface area is 169 Å². The summed E-state index contributed by atoms with van der Waals surface area (Å²) >= 11 is 0. The number of hydrogen-bond donors (Lipinski definition) is 1. The van der Waals surface area contributed by atoms with Gasteiger partial charge in [-0.25, -0.2) is 4.52 Å². The van der Waals surface area contributed by atoms with Gasteiger partial charge in [-0.15, -0.1) is 0 Å². The molecule has 0 spiro atoms. The highest BCUT2D eigenvalue weighted by atomic mass is 16.3. The molecule has 0 atom stereocenters. The van der Waals surface area contributed by atoms with Crippen LogP contribution in [0.2, 0.25) is 0 Å². The van der Waals surface area contributed by atoms with Crippen LogP contribution in [0.5, 0.6) is 5.75 Å². The molecule has 6 nitrogen and oxygen atoms in total. The molecule has 1 aliphatic heterocycles. The maximum Gasteiger partial charge on any atom is 0.125 e. The van der Waals surface area contributed by atoms with Crippen LogP contribution in [0.3, 0.4) is 0 Å². The molecular weight excluding hydrogens is 362 g/mol. The number of rotatable bonds is 3. The number of phenolic OH excluding ortho intramolecular Hbond substituents is 1. The summed E-state index contributed by atoms with van der Waals surface area (Å²) in [7, 11) is 2.10. The number of aryl methyl sites for hydroxylation is 2. The third kappa shape index (κ3) is 3.15. The van der Waals surface area contributed by atoms with E-state index >= 15 is 0 Å². The molecule has 6 heteroatoms. The van der Waals surface area contributed by atoms with Crippen LogP contribution in [0, 0.1) is 13.8 Å². The van der Waals surface area contributed by atoms with Crippen LogP contribution < -0.4 is 0 Å². The van der Waals surface area contributed by atoms with Crippen molar-refractivity contribution < 1.29 is 5.11 Å². The summed E-state index contributed by atoms with van der Waals surface area (Å²) in [4.78, 5) is 2.26. The molecular formula is C23H23N5O. The van der Waals surface area contributed by atoms with Gasteiger partial charge in [0.15, 0.2) is 0 Å². The molecule has 146 valence electrons. The Balaban J connectivity index is 1.46. The van der Waals surface area contributed by atoms with Gasteiger partial charge >= 0.3 is 0 Å². The van der Waals surface area contributed by atoms with Crippen LogP contribution in [-0.2, 0) is 0 Å². The SMILES string of the molecule is Cc1cc2cc(-c3ccc(-c4ccc(C5CN(C)C5)nn4)c(O)c3)cc(C)n2n1. The summed E-state index contributed by atoms with van der Waals surface area (Å²) in [6, 6.07) is 15.9. The largest absolute Gasteiger partial charge is 0.507 e. The third-order valence-electron chi connectivity index (χ3n) is 5.64. The standard InChI is InChI=1S/C23H23N5O/c1-14-8-19-10-17(9-15(2)28(19)26-14)16-4-5-20(23(29)11-16)22-7-6-21(24-25-22)18-12-27(3)13-18/h4-11,18,29H,12-13H2,1-3H3.